The molecule has 0 bridgehead atoms. The molecule has 3 amide bonds. The summed E-state index contributed by atoms with van der Waals surface area (Å²) in [4.78, 5) is 32.6. The average Bonchev–Trinajstić information content (AvgIpc) is 3.64. The number of morpholine rings is 1. The van der Waals surface area contributed by atoms with Gasteiger partial charge in [0, 0.05) is 38.4 Å². The van der Waals surface area contributed by atoms with Crippen LogP contribution in [0.25, 0.3) is 0 Å². The number of urea groups is 1. The second-order valence-corrected chi connectivity index (χ2v) is 9.69. The zero-order valence-electron chi connectivity index (χ0n) is 22.1. The molecule has 0 atom stereocenters. The Morgan fingerprint density at radius 3 is 2.51 bits per heavy atom. The number of amides is 3. The van der Waals surface area contributed by atoms with E-state index in [4.69, 9.17) is 18.6 Å². The summed E-state index contributed by atoms with van der Waals surface area (Å²) in [5.74, 6) is 1.81. The van der Waals surface area contributed by atoms with E-state index in [0.717, 1.165) is 24.2 Å². The molecule has 0 saturated carbocycles. The first-order valence-corrected chi connectivity index (χ1v) is 13.1. The summed E-state index contributed by atoms with van der Waals surface area (Å²) >= 11 is 0. The largest absolute Gasteiger partial charge is 0.467 e. The van der Waals surface area contributed by atoms with Crippen molar-refractivity contribution in [3.05, 3.63) is 77.7 Å². The van der Waals surface area contributed by atoms with Gasteiger partial charge in [0.1, 0.15) is 12.3 Å². The number of nitrogens with zero attached hydrogens (tertiary/aromatic N) is 3. The maximum Gasteiger partial charge on any atom is 0.322 e. The van der Waals surface area contributed by atoms with Crippen LogP contribution in [0.1, 0.15) is 16.9 Å². The molecule has 1 fully saturated rings. The number of fused-ring (bicyclic) bond motifs is 1. The Morgan fingerprint density at radius 1 is 0.949 bits per heavy atom. The van der Waals surface area contributed by atoms with Crippen molar-refractivity contribution in [2.24, 2.45) is 0 Å². The van der Waals surface area contributed by atoms with Crippen LogP contribution in [0.3, 0.4) is 0 Å². The van der Waals surface area contributed by atoms with Crippen molar-refractivity contribution in [2.45, 2.75) is 20.0 Å². The quantitative estimate of drug-likeness (QED) is 0.424. The Balaban J connectivity index is 1.31. The number of carbonyl (C=O) groups is 2. The van der Waals surface area contributed by atoms with Crippen molar-refractivity contribution in [3.8, 4) is 11.5 Å². The lowest BCUT2D eigenvalue weighted by atomic mass is 10.2. The first-order valence-electron chi connectivity index (χ1n) is 13.1. The average molecular weight is 535 g/mol. The van der Waals surface area contributed by atoms with Crippen molar-refractivity contribution in [3.63, 3.8) is 0 Å². The van der Waals surface area contributed by atoms with Gasteiger partial charge in [-0.25, -0.2) is 4.79 Å². The third kappa shape index (κ3) is 7.30. The summed E-state index contributed by atoms with van der Waals surface area (Å²) in [6.45, 7) is 6.70. The molecule has 1 aromatic heterocycles. The van der Waals surface area contributed by atoms with Gasteiger partial charge in [-0.1, -0.05) is 23.8 Å². The minimum Gasteiger partial charge on any atom is -0.467 e. The molecule has 39 heavy (non-hydrogen) atoms. The number of ether oxygens (including phenoxy) is 3. The van der Waals surface area contributed by atoms with Gasteiger partial charge in [-0.3, -0.25) is 9.69 Å². The van der Waals surface area contributed by atoms with Crippen LogP contribution >= 0.6 is 0 Å². The Morgan fingerprint density at radius 2 is 1.74 bits per heavy atom. The van der Waals surface area contributed by atoms with Crippen LogP contribution in [-0.2, 0) is 22.6 Å². The lowest BCUT2D eigenvalue weighted by Crippen LogP contribution is -2.48. The molecule has 206 valence electrons. The fourth-order valence-electron chi connectivity index (χ4n) is 4.52. The van der Waals surface area contributed by atoms with Crippen LogP contribution in [-0.4, -0.2) is 79.4 Å². The van der Waals surface area contributed by atoms with E-state index >= 15 is 0 Å². The normalized spacial score (nSPS) is 14.7. The van der Waals surface area contributed by atoms with E-state index in [-0.39, 0.29) is 31.8 Å². The van der Waals surface area contributed by atoms with Gasteiger partial charge in [-0.15, -0.1) is 0 Å². The second-order valence-electron chi connectivity index (χ2n) is 9.69. The van der Waals surface area contributed by atoms with Gasteiger partial charge in [0.2, 0.25) is 12.7 Å². The molecule has 0 aliphatic carbocycles. The fraction of sp³-hybridized carbons (Fsp3) is 0.379. The van der Waals surface area contributed by atoms with E-state index in [0.29, 0.717) is 55.8 Å². The summed E-state index contributed by atoms with van der Waals surface area (Å²) in [6, 6.07) is 16.5. The maximum absolute atomic E-state index is 13.7. The van der Waals surface area contributed by atoms with Crippen molar-refractivity contribution in [1.82, 2.24) is 14.7 Å². The number of aryl methyl sites for hydroxylation is 1. The lowest BCUT2D eigenvalue weighted by molar-refractivity contribution is -0.133. The number of hydrogen-bond acceptors (Lipinski definition) is 7. The van der Waals surface area contributed by atoms with Crippen molar-refractivity contribution < 1.29 is 28.2 Å². The van der Waals surface area contributed by atoms with E-state index in [1.807, 2.05) is 55.5 Å². The van der Waals surface area contributed by atoms with Crippen LogP contribution < -0.4 is 14.8 Å². The molecule has 2 aliphatic rings. The highest BCUT2D eigenvalue weighted by Gasteiger charge is 2.24. The van der Waals surface area contributed by atoms with Crippen molar-refractivity contribution >= 4 is 17.6 Å². The molecule has 0 unspecified atom stereocenters. The fourth-order valence-corrected chi connectivity index (χ4v) is 4.52. The topological polar surface area (TPSA) is 96.7 Å². The van der Waals surface area contributed by atoms with Crippen molar-refractivity contribution in [2.75, 3.05) is 58.0 Å². The van der Waals surface area contributed by atoms with Gasteiger partial charge in [-0.2, -0.15) is 0 Å². The zero-order valence-corrected chi connectivity index (χ0v) is 22.1. The Labute approximate surface area is 228 Å². The highest BCUT2D eigenvalue weighted by molar-refractivity contribution is 5.92. The van der Waals surface area contributed by atoms with Crippen LogP contribution in [0, 0.1) is 6.92 Å². The molecular formula is C29H34N4O6. The Bertz CT molecular complexity index is 1240. The van der Waals surface area contributed by atoms with E-state index in [2.05, 4.69) is 10.2 Å². The third-order valence-electron chi connectivity index (χ3n) is 6.80. The van der Waals surface area contributed by atoms with Crippen LogP contribution in [0.4, 0.5) is 10.5 Å². The molecule has 0 radical (unpaired) electrons. The molecule has 5 rings (SSSR count). The highest BCUT2D eigenvalue weighted by Crippen LogP contribution is 2.33. The number of carbonyl (C=O) groups excluding carboxylic acids is 2. The van der Waals surface area contributed by atoms with Crippen LogP contribution in [0.5, 0.6) is 11.5 Å². The van der Waals surface area contributed by atoms with Gasteiger partial charge in [0.15, 0.2) is 11.5 Å². The summed E-state index contributed by atoms with van der Waals surface area (Å²) in [6.07, 6.45) is 1.59. The van der Waals surface area contributed by atoms with E-state index in [1.54, 1.807) is 22.1 Å². The van der Waals surface area contributed by atoms with Crippen molar-refractivity contribution in [1.29, 1.82) is 0 Å². The second kappa shape index (κ2) is 12.7. The summed E-state index contributed by atoms with van der Waals surface area (Å²) < 4.78 is 21.9. The number of benzene rings is 2. The van der Waals surface area contributed by atoms with Gasteiger partial charge in [0.05, 0.1) is 26.0 Å². The SMILES string of the molecule is Cc1ccc(NC(=O)N(CCN2CCOCC2)CC(=O)N(Cc2ccc3c(c2)OCO3)Cc2ccco2)cc1. The predicted molar refractivity (Wildman–Crippen MR) is 145 cm³/mol. The molecule has 2 aromatic carbocycles. The van der Waals surface area contributed by atoms with E-state index in [1.165, 1.54) is 0 Å². The zero-order chi connectivity index (χ0) is 27.0. The van der Waals surface area contributed by atoms with Crippen LogP contribution in [0.2, 0.25) is 0 Å². The van der Waals surface area contributed by atoms with Gasteiger partial charge in [0.25, 0.3) is 0 Å². The Hall–Kier alpha value is -4.02. The molecule has 10 heteroatoms. The highest BCUT2D eigenvalue weighted by atomic mass is 16.7. The van der Waals surface area contributed by atoms with E-state index in [9.17, 15) is 9.59 Å². The molecule has 3 aromatic rings. The first-order chi connectivity index (χ1) is 19.0. The van der Waals surface area contributed by atoms with Gasteiger partial charge in [-0.05, 0) is 48.9 Å². The third-order valence-corrected chi connectivity index (χ3v) is 6.80. The van der Waals surface area contributed by atoms with Crippen LogP contribution in [0.15, 0.2) is 65.3 Å². The molecule has 2 aliphatic heterocycles. The first kappa shape index (κ1) is 26.6. The minimum absolute atomic E-state index is 0.0761. The summed E-state index contributed by atoms with van der Waals surface area (Å²) in [7, 11) is 0. The smallest absolute Gasteiger partial charge is 0.322 e. The Kier molecular flexibility index (Phi) is 8.65. The van der Waals surface area contributed by atoms with Gasteiger partial charge < -0.3 is 33.7 Å². The van der Waals surface area contributed by atoms with Gasteiger partial charge >= 0.3 is 6.03 Å². The predicted octanol–water partition coefficient (Wildman–Crippen LogP) is 3.71. The summed E-state index contributed by atoms with van der Waals surface area (Å²) in [5.41, 5.74) is 2.68. The monoisotopic (exact) mass is 534 g/mol. The minimum atomic E-state index is -0.318. The number of rotatable bonds is 10. The molecule has 0 spiro atoms. The molecule has 10 nitrogen and oxygen atoms in total. The molecular weight excluding hydrogens is 500 g/mol. The molecule has 3 heterocycles. The molecule has 1 saturated heterocycles. The number of nitrogens with one attached hydrogen (secondary N) is 1. The molecule has 1 N–H and O–H groups in total. The standard InChI is InChI=1S/C29H34N4O6/c1-22-4-7-24(8-5-22)30-29(35)32(11-10-31-12-15-36-16-13-31)20-28(34)33(19-25-3-2-14-37-25)18-23-6-9-26-27(17-23)39-21-38-26/h2-9,14,17H,10-13,15-16,18-21H2,1H3,(H,30,35). The lowest BCUT2D eigenvalue weighted by Gasteiger charge is -2.31. The maximum atomic E-state index is 13.7. The number of anilines is 1. The number of furan rings is 1. The number of hydrogen-bond donors (Lipinski definition) is 1. The summed E-state index contributed by atoms with van der Waals surface area (Å²) in [5, 5.41) is 2.95. The van der Waals surface area contributed by atoms with E-state index < -0.39 is 0 Å².